The molecule has 24 heavy (non-hydrogen) atoms. The molecule has 2 aromatic rings. The molecule has 9 heteroatoms. The number of alkyl halides is 3. The molecule has 0 aliphatic heterocycles. The van der Waals surface area contributed by atoms with Crippen LogP contribution in [-0.2, 0) is 10.9 Å². The molecule has 0 atom stereocenters. The van der Waals surface area contributed by atoms with Gasteiger partial charge in [-0.1, -0.05) is 6.07 Å². The fourth-order valence-electron chi connectivity index (χ4n) is 1.85. The van der Waals surface area contributed by atoms with E-state index in [4.69, 9.17) is 0 Å². The summed E-state index contributed by atoms with van der Waals surface area (Å²) in [7, 11) is 1.15. The van der Waals surface area contributed by atoms with Crippen molar-refractivity contribution in [2.24, 2.45) is 0 Å². The lowest BCUT2D eigenvalue weighted by atomic mass is 10.1. The van der Waals surface area contributed by atoms with Gasteiger partial charge in [0.15, 0.2) is 0 Å². The first-order valence-electron chi connectivity index (χ1n) is 6.45. The Morgan fingerprint density at radius 1 is 1.21 bits per heavy atom. The molecule has 0 unspecified atom stereocenters. The number of halogens is 4. The number of anilines is 1. The molecule has 0 saturated carbocycles. The van der Waals surface area contributed by atoms with Gasteiger partial charge in [0.2, 0.25) is 0 Å². The molecule has 1 N–H and O–H groups in total. The molecule has 0 fully saturated rings. The summed E-state index contributed by atoms with van der Waals surface area (Å²) in [6.07, 6.45) is -3.74. The van der Waals surface area contributed by atoms with Crippen LogP contribution >= 0.6 is 0 Å². The fraction of sp³-hybridized carbons (Fsp3) is 0.133. The first kappa shape index (κ1) is 17.4. The Morgan fingerprint density at radius 3 is 2.54 bits per heavy atom. The van der Waals surface area contributed by atoms with Gasteiger partial charge in [-0.3, -0.25) is 4.79 Å². The highest BCUT2D eigenvalue weighted by molar-refractivity contribution is 6.04. The summed E-state index contributed by atoms with van der Waals surface area (Å²) in [4.78, 5) is 27.1. The molecular weight excluding hydrogens is 332 g/mol. The van der Waals surface area contributed by atoms with E-state index in [0.29, 0.717) is 6.07 Å². The number of nitrogens with zero attached hydrogens (tertiary/aromatic N) is 1. The molecule has 1 amide bonds. The van der Waals surface area contributed by atoms with Crippen LogP contribution in [0.1, 0.15) is 26.3 Å². The Kier molecular flexibility index (Phi) is 4.82. The molecule has 2 rings (SSSR count). The maximum atomic E-state index is 13.9. The first-order valence-corrected chi connectivity index (χ1v) is 6.45. The zero-order valence-electron chi connectivity index (χ0n) is 12.1. The number of carbonyl (C=O) groups is 2. The van der Waals surface area contributed by atoms with Crippen LogP contribution in [0.5, 0.6) is 0 Å². The lowest BCUT2D eigenvalue weighted by Crippen LogP contribution is -2.18. The third kappa shape index (κ3) is 3.67. The number of methoxy groups -OCH3 is 1. The van der Waals surface area contributed by atoms with E-state index in [0.717, 1.165) is 25.3 Å². The van der Waals surface area contributed by atoms with Gasteiger partial charge in [-0.05, 0) is 24.3 Å². The van der Waals surface area contributed by atoms with E-state index in [2.05, 4.69) is 15.0 Å². The van der Waals surface area contributed by atoms with Crippen LogP contribution in [0.15, 0.2) is 36.5 Å². The summed E-state index contributed by atoms with van der Waals surface area (Å²) < 4.78 is 56.4. The highest BCUT2D eigenvalue weighted by atomic mass is 19.4. The summed E-state index contributed by atoms with van der Waals surface area (Å²) in [5, 5.41) is 2.13. The summed E-state index contributed by atoms with van der Waals surface area (Å²) in [6.45, 7) is 0. The number of pyridine rings is 1. The molecule has 1 aromatic heterocycles. The van der Waals surface area contributed by atoms with Crippen molar-refractivity contribution in [3.05, 3.63) is 59.0 Å². The zero-order chi connectivity index (χ0) is 17.9. The summed E-state index contributed by atoms with van der Waals surface area (Å²) in [5.41, 5.74) is -2.28. The average molecular weight is 342 g/mol. The van der Waals surface area contributed by atoms with Gasteiger partial charge in [-0.25, -0.2) is 14.2 Å². The van der Waals surface area contributed by atoms with Crippen molar-refractivity contribution in [2.75, 3.05) is 12.4 Å². The van der Waals surface area contributed by atoms with Crippen LogP contribution in [0.25, 0.3) is 0 Å². The van der Waals surface area contributed by atoms with Gasteiger partial charge in [-0.2, -0.15) is 13.2 Å². The molecule has 126 valence electrons. The third-order valence-electron chi connectivity index (χ3n) is 2.97. The number of nitrogens with one attached hydrogen (secondary N) is 1. The van der Waals surface area contributed by atoms with Crippen LogP contribution < -0.4 is 5.32 Å². The minimum Gasteiger partial charge on any atom is -0.465 e. The molecule has 1 heterocycles. The second kappa shape index (κ2) is 6.65. The van der Waals surface area contributed by atoms with Crippen molar-refractivity contribution in [1.29, 1.82) is 0 Å². The van der Waals surface area contributed by atoms with E-state index in [9.17, 15) is 27.2 Å². The number of rotatable bonds is 3. The number of carbonyl (C=O) groups excluding carboxylic acids is 2. The van der Waals surface area contributed by atoms with Crippen LogP contribution in [0.2, 0.25) is 0 Å². The minimum absolute atomic E-state index is 0.0623. The summed E-state index contributed by atoms with van der Waals surface area (Å²) in [5.74, 6) is -3.66. The van der Waals surface area contributed by atoms with Gasteiger partial charge in [0.25, 0.3) is 5.91 Å². The first-order chi connectivity index (χ1) is 11.2. The van der Waals surface area contributed by atoms with Crippen molar-refractivity contribution in [3.8, 4) is 0 Å². The second-order valence-corrected chi connectivity index (χ2v) is 4.54. The summed E-state index contributed by atoms with van der Waals surface area (Å²) in [6, 6.07) is 4.81. The zero-order valence-corrected chi connectivity index (χ0v) is 12.1. The lowest BCUT2D eigenvalue weighted by molar-refractivity contribution is -0.140. The highest BCUT2D eigenvalue weighted by Gasteiger charge is 2.35. The standard InChI is InChI=1S/C15H10F4N2O3/c1-24-14(23)8-5-6-20-11(7-8)21-13(22)9-3-2-4-10(12(9)16)15(17,18)19/h2-7H,1H3,(H,20,21,22). The number of amides is 1. The number of esters is 1. The van der Waals surface area contributed by atoms with Crippen molar-refractivity contribution in [1.82, 2.24) is 4.98 Å². The number of aromatic nitrogens is 1. The number of ether oxygens (including phenoxy) is 1. The van der Waals surface area contributed by atoms with E-state index in [1.54, 1.807) is 0 Å². The fourth-order valence-corrected chi connectivity index (χ4v) is 1.85. The normalized spacial score (nSPS) is 11.0. The molecular formula is C15H10F4N2O3. The van der Waals surface area contributed by atoms with Crippen molar-refractivity contribution in [2.45, 2.75) is 6.18 Å². The van der Waals surface area contributed by atoms with E-state index in [1.807, 2.05) is 0 Å². The second-order valence-electron chi connectivity index (χ2n) is 4.54. The lowest BCUT2D eigenvalue weighted by Gasteiger charge is -2.11. The molecule has 0 saturated heterocycles. The molecule has 0 bridgehead atoms. The Morgan fingerprint density at radius 2 is 1.92 bits per heavy atom. The van der Waals surface area contributed by atoms with E-state index in [-0.39, 0.29) is 11.4 Å². The number of hydrogen-bond donors (Lipinski definition) is 1. The molecule has 0 aliphatic rings. The Bertz CT molecular complexity index is 791. The summed E-state index contributed by atoms with van der Waals surface area (Å²) >= 11 is 0. The smallest absolute Gasteiger partial charge is 0.419 e. The van der Waals surface area contributed by atoms with E-state index >= 15 is 0 Å². The Balaban J connectivity index is 2.30. The molecule has 0 aliphatic carbocycles. The van der Waals surface area contributed by atoms with Gasteiger partial charge in [0, 0.05) is 6.20 Å². The maximum absolute atomic E-state index is 13.9. The Labute approximate surface area is 133 Å². The van der Waals surface area contributed by atoms with Crippen LogP contribution in [0.3, 0.4) is 0 Å². The topological polar surface area (TPSA) is 68.3 Å². The SMILES string of the molecule is COC(=O)c1ccnc(NC(=O)c2cccc(C(F)(F)F)c2F)c1. The molecule has 1 aromatic carbocycles. The van der Waals surface area contributed by atoms with Crippen molar-refractivity contribution in [3.63, 3.8) is 0 Å². The van der Waals surface area contributed by atoms with Crippen LogP contribution in [0.4, 0.5) is 23.4 Å². The van der Waals surface area contributed by atoms with Gasteiger partial charge < -0.3 is 10.1 Å². The molecule has 0 spiro atoms. The predicted molar refractivity (Wildman–Crippen MR) is 74.9 cm³/mol. The van der Waals surface area contributed by atoms with Gasteiger partial charge in [0.1, 0.15) is 11.6 Å². The van der Waals surface area contributed by atoms with Crippen LogP contribution in [0, 0.1) is 5.82 Å². The monoisotopic (exact) mass is 342 g/mol. The van der Waals surface area contributed by atoms with Crippen LogP contribution in [-0.4, -0.2) is 24.0 Å². The maximum Gasteiger partial charge on any atom is 0.419 e. The number of benzene rings is 1. The highest BCUT2D eigenvalue weighted by Crippen LogP contribution is 2.32. The quantitative estimate of drug-likeness (QED) is 0.687. The molecule has 0 radical (unpaired) electrons. The van der Waals surface area contributed by atoms with Crippen molar-refractivity contribution < 1.29 is 31.9 Å². The third-order valence-corrected chi connectivity index (χ3v) is 2.97. The largest absolute Gasteiger partial charge is 0.465 e. The minimum atomic E-state index is -4.93. The van der Waals surface area contributed by atoms with Gasteiger partial charge >= 0.3 is 12.1 Å². The van der Waals surface area contributed by atoms with E-state index in [1.165, 1.54) is 12.3 Å². The van der Waals surface area contributed by atoms with Gasteiger partial charge in [0.05, 0.1) is 23.8 Å². The number of hydrogen-bond acceptors (Lipinski definition) is 4. The average Bonchev–Trinajstić information content (AvgIpc) is 2.53. The molecule has 5 nitrogen and oxygen atoms in total. The van der Waals surface area contributed by atoms with Gasteiger partial charge in [-0.15, -0.1) is 0 Å². The predicted octanol–water partition coefficient (Wildman–Crippen LogP) is 3.28. The van der Waals surface area contributed by atoms with E-state index < -0.39 is 35.0 Å². The van der Waals surface area contributed by atoms with Crippen molar-refractivity contribution >= 4 is 17.7 Å². The Hall–Kier alpha value is -2.97.